The van der Waals surface area contributed by atoms with Crippen LogP contribution in [0.1, 0.15) is 11.1 Å². The smallest absolute Gasteiger partial charge is 0.127 e. The fourth-order valence-corrected chi connectivity index (χ4v) is 2.09. The van der Waals surface area contributed by atoms with Gasteiger partial charge in [0, 0.05) is 5.56 Å². The van der Waals surface area contributed by atoms with Crippen molar-refractivity contribution >= 4 is 11.6 Å². The van der Waals surface area contributed by atoms with Gasteiger partial charge in [0.1, 0.15) is 18.1 Å². The topological polar surface area (TPSA) is 18.5 Å². The van der Waals surface area contributed by atoms with Gasteiger partial charge in [0.05, 0.1) is 7.11 Å². The van der Waals surface area contributed by atoms with Gasteiger partial charge in [-0.25, -0.2) is 0 Å². The van der Waals surface area contributed by atoms with Crippen molar-refractivity contribution in [2.45, 2.75) is 0 Å². The highest BCUT2D eigenvalue weighted by atomic mass is 16.5. The Morgan fingerprint density at radius 3 is 2.56 bits per heavy atom. The van der Waals surface area contributed by atoms with Crippen molar-refractivity contribution in [3.63, 3.8) is 0 Å². The van der Waals surface area contributed by atoms with Gasteiger partial charge >= 0.3 is 0 Å². The largest absolute Gasteiger partial charge is 0.497 e. The molecule has 0 atom stereocenters. The molecule has 0 amide bonds. The summed E-state index contributed by atoms with van der Waals surface area (Å²) in [7, 11) is 1.67. The summed E-state index contributed by atoms with van der Waals surface area (Å²) < 4.78 is 10.9. The van der Waals surface area contributed by atoms with E-state index in [-0.39, 0.29) is 0 Å². The Labute approximate surface area is 106 Å². The summed E-state index contributed by atoms with van der Waals surface area (Å²) in [6.07, 6.45) is 2.18. The van der Waals surface area contributed by atoms with Crippen molar-refractivity contribution in [3.05, 3.63) is 59.7 Å². The van der Waals surface area contributed by atoms with E-state index in [2.05, 4.69) is 24.3 Å². The maximum Gasteiger partial charge on any atom is 0.127 e. The number of hydrogen-bond acceptors (Lipinski definition) is 2. The van der Waals surface area contributed by atoms with E-state index in [1.807, 2.05) is 30.3 Å². The molecule has 0 aromatic heterocycles. The second-order valence-corrected chi connectivity index (χ2v) is 4.22. The van der Waals surface area contributed by atoms with Crippen LogP contribution in [0.2, 0.25) is 0 Å². The number of methoxy groups -OCH3 is 1. The lowest BCUT2D eigenvalue weighted by Crippen LogP contribution is -2.06. The van der Waals surface area contributed by atoms with Gasteiger partial charge in [0.25, 0.3) is 0 Å². The summed E-state index contributed by atoms with van der Waals surface area (Å²) in [4.78, 5) is 0. The van der Waals surface area contributed by atoms with Crippen molar-refractivity contribution in [2.24, 2.45) is 0 Å². The minimum Gasteiger partial charge on any atom is -0.497 e. The summed E-state index contributed by atoms with van der Waals surface area (Å²) in [5.74, 6) is 1.83. The zero-order valence-electron chi connectivity index (χ0n) is 10.2. The molecule has 0 fully saturated rings. The van der Waals surface area contributed by atoms with Crippen molar-refractivity contribution in [1.82, 2.24) is 0 Å². The quantitative estimate of drug-likeness (QED) is 0.795. The van der Waals surface area contributed by atoms with E-state index in [4.69, 9.17) is 9.47 Å². The molecular weight excluding hydrogens is 224 g/mol. The van der Waals surface area contributed by atoms with Crippen molar-refractivity contribution in [1.29, 1.82) is 0 Å². The fraction of sp³-hybridized carbons (Fsp3) is 0.125. The minimum atomic E-state index is 0.614. The Morgan fingerprint density at radius 2 is 1.78 bits per heavy atom. The first-order chi connectivity index (χ1) is 8.86. The van der Waals surface area contributed by atoms with Crippen LogP contribution in [0.5, 0.6) is 11.5 Å². The third-order valence-corrected chi connectivity index (χ3v) is 3.09. The van der Waals surface area contributed by atoms with Crippen LogP contribution in [0.15, 0.2) is 48.5 Å². The Morgan fingerprint density at radius 1 is 1.00 bits per heavy atom. The number of benzene rings is 2. The summed E-state index contributed by atoms with van der Waals surface area (Å²) in [5.41, 5.74) is 3.50. The van der Waals surface area contributed by atoms with E-state index in [9.17, 15) is 0 Å². The molecule has 0 saturated carbocycles. The predicted octanol–water partition coefficient (Wildman–Crippen LogP) is 3.63. The van der Waals surface area contributed by atoms with Gasteiger partial charge in [-0.05, 0) is 35.4 Å². The van der Waals surface area contributed by atoms with E-state index < -0.39 is 0 Å². The molecule has 2 aromatic carbocycles. The first-order valence-corrected chi connectivity index (χ1v) is 5.93. The average Bonchev–Trinajstić information content (AvgIpc) is 2.47. The molecule has 0 radical (unpaired) electrons. The molecule has 0 unspecified atom stereocenters. The van der Waals surface area contributed by atoms with Gasteiger partial charge < -0.3 is 9.47 Å². The molecule has 2 aromatic rings. The zero-order valence-corrected chi connectivity index (χ0v) is 10.2. The highest BCUT2D eigenvalue weighted by Crippen LogP contribution is 2.30. The van der Waals surface area contributed by atoms with Crippen LogP contribution in [-0.4, -0.2) is 13.7 Å². The molecule has 1 aliphatic heterocycles. The number of rotatable bonds is 2. The van der Waals surface area contributed by atoms with Gasteiger partial charge in [-0.1, -0.05) is 30.3 Å². The number of fused-ring (bicyclic) bond motifs is 1. The van der Waals surface area contributed by atoms with E-state index in [1.54, 1.807) is 7.11 Å². The third kappa shape index (κ3) is 1.97. The molecule has 3 rings (SSSR count). The second kappa shape index (κ2) is 4.57. The van der Waals surface area contributed by atoms with Crippen LogP contribution in [0.3, 0.4) is 0 Å². The molecule has 1 aliphatic rings. The number of para-hydroxylation sites is 1. The van der Waals surface area contributed by atoms with Gasteiger partial charge in [-0.15, -0.1) is 0 Å². The third-order valence-electron chi connectivity index (χ3n) is 3.09. The molecule has 0 spiro atoms. The maximum atomic E-state index is 5.75. The van der Waals surface area contributed by atoms with Crippen LogP contribution in [0.25, 0.3) is 11.6 Å². The van der Waals surface area contributed by atoms with Gasteiger partial charge in [-0.3, -0.25) is 0 Å². The monoisotopic (exact) mass is 238 g/mol. The fourth-order valence-electron chi connectivity index (χ4n) is 2.09. The molecule has 0 saturated heterocycles. The SMILES string of the molecule is COc1ccc(C2=Cc3ccccc3OC2)cc1. The number of hydrogen-bond donors (Lipinski definition) is 0. The predicted molar refractivity (Wildman–Crippen MR) is 72.8 cm³/mol. The van der Waals surface area contributed by atoms with E-state index in [0.29, 0.717) is 6.61 Å². The summed E-state index contributed by atoms with van der Waals surface area (Å²) in [5, 5.41) is 0. The second-order valence-electron chi connectivity index (χ2n) is 4.22. The van der Waals surface area contributed by atoms with Gasteiger partial charge in [-0.2, -0.15) is 0 Å². The molecule has 0 bridgehead atoms. The van der Waals surface area contributed by atoms with Crippen molar-refractivity contribution < 1.29 is 9.47 Å². The lowest BCUT2D eigenvalue weighted by atomic mass is 10.0. The lowest BCUT2D eigenvalue weighted by Gasteiger charge is -2.18. The Hall–Kier alpha value is -2.22. The summed E-state index contributed by atoms with van der Waals surface area (Å²) in [6, 6.07) is 16.1. The normalized spacial score (nSPS) is 13.3. The molecule has 2 nitrogen and oxygen atoms in total. The first-order valence-electron chi connectivity index (χ1n) is 5.93. The molecule has 2 heteroatoms. The summed E-state index contributed by atoms with van der Waals surface area (Å²) >= 11 is 0. The van der Waals surface area contributed by atoms with Crippen molar-refractivity contribution in [3.8, 4) is 11.5 Å². The Kier molecular flexibility index (Phi) is 2.77. The van der Waals surface area contributed by atoms with Gasteiger partial charge in [0.2, 0.25) is 0 Å². The highest BCUT2D eigenvalue weighted by Gasteiger charge is 2.11. The molecule has 90 valence electrons. The van der Waals surface area contributed by atoms with Gasteiger partial charge in [0.15, 0.2) is 0 Å². The molecule has 1 heterocycles. The summed E-state index contributed by atoms with van der Waals surface area (Å²) in [6.45, 7) is 0.614. The van der Waals surface area contributed by atoms with Crippen LogP contribution < -0.4 is 9.47 Å². The van der Waals surface area contributed by atoms with E-state index in [1.165, 1.54) is 11.1 Å². The van der Waals surface area contributed by atoms with Crippen LogP contribution in [0, 0.1) is 0 Å². The number of ether oxygens (including phenoxy) is 2. The maximum absolute atomic E-state index is 5.75. The Bertz CT molecular complexity index is 582. The molecule has 0 aliphatic carbocycles. The van der Waals surface area contributed by atoms with E-state index >= 15 is 0 Å². The van der Waals surface area contributed by atoms with Crippen LogP contribution in [-0.2, 0) is 0 Å². The zero-order chi connectivity index (χ0) is 12.4. The van der Waals surface area contributed by atoms with Crippen LogP contribution in [0.4, 0.5) is 0 Å². The molecular formula is C16H14O2. The highest BCUT2D eigenvalue weighted by molar-refractivity contribution is 5.85. The Balaban J connectivity index is 1.96. The molecule has 18 heavy (non-hydrogen) atoms. The minimum absolute atomic E-state index is 0.614. The van der Waals surface area contributed by atoms with Crippen LogP contribution >= 0.6 is 0 Å². The van der Waals surface area contributed by atoms with Crippen molar-refractivity contribution in [2.75, 3.05) is 13.7 Å². The first kappa shape index (κ1) is 10.9. The standard InChI is InChI=1S/C16H14O2/c1-17-15-8-6-12(7-9-15)14-10-13-4-2-3-5-16(13)18-11-14/h2-10H,11H2,1H3. The lowest BCUT2D eigenvalue weighted by molar-refractivity contribution is 0.365. The average molecular weight is 238 g/mol. The molecule has 0 N–H and O–H groups in total. The van der Waals surface area contributed by atoms with E-state index in [0.717, 1.165) is 17.1 Å².